The van der Waals surface area contributed by atoms with E-state index in [4.69, 9.17) is 0 Å². The van der Waals surface area contributed by atoms with Crippen LogP contribution in [0.1, 0.15) is 80.8 Å². The zero-order chi connectivity index (χ0) is 32.2. The number of amides is 2. The topological polar surface area (TPSA) is 102 Å². The molecule has 0 spiro atoms. The second-order valence-electron chi connectivity index (χ2n) is 12.9. The third-order valence-electron chi connectivity index (χ3n) is 7.88. The Bertz CT molecular complexity index is 1470. The number of aromatic nitrogens is 2. The van der Waals surface area contributed by atoms with Crippen molar-refractivity contribution in [3.05, 3.63) is 102 Å². The fourth-order valence-corrected chi connectivity index (χ4v) is 5.83. The van der Waals surface area contributed by atoms with Gasteiger partial charge < -0.3 is 25.8 Å². The first-order valence-corrected chi connectivity index (χ1v) is 16.3. The average molecular weight is 611 g/mol. The normalized spacial score (nSPS) is 13.0. The van der Waals surface area contributed by atoms with Gasteiger partial charge in [-0.2, -0.15) is 0 Å². The van der Waals surface area contributed by atoms with Gasteiger partial charge >= 0.3 is 0 Å². The fraction of sp³-hybridized carbons (Fsp3) is 0.432. The highest BCUT2D eigenvalue weighted by Crippen LogP contribution is 2.24. The summed E-state index contributed by atoms with van der Waals surface area (Å²) >= 11 is 0. The summed E-state index contributed by atoms with van der Waals surface area (Å²) in [4.78, 5) is 37.0. The van der Waals surface area contributed by atoms with Crippen molar-refractivity contribution in [2.45, 2.75) is 72.6 Å². The van der Waals surface area contributed by atoms with Crippen molar-refractivity contribution < 1.29 is 9.59 Å². The Morgan fingerprint density at radius 1 is 0.844 bits per heavy atom. The van der Waals surface area contributed by atoms with Gasteiger partial charge in [0.2, 0.25) is 5.91 Å². The first kappa shape index (κ1) is 33.9. The third-order valence-corrected chi connectivity index (χ3v) is 7.88. The molecule has 1 heterocycles. The molecule has 1 unspecified atom stereocenters. The number of hydrogen-bond acceptors (Lipinski definition) is 5. The maximum absolute atomic E-state index is 13.8. The Kier molecular flexibility index (Phi) is 12.7. The van der Waals surface area contributed by atoms with Crippen LogP contribution in [-0.4, -0.2) is 52.4 Å². The molecule has 0 aliphatic rings. The zero-order valence-corrected chi connectivity index (χ0v) is 27.5. The predicted molar refractivity (Wildman–Crippen MR) is 183 cm³/mol. The van der Waals surface area contributed by atoms with Gasteiger partial charge in [-0.05, 0) is 72.2 Å². The van der Waals surface area contributed by atoms with E-state index in [9.17, 15) is 9.59 Å². The van der Waals surface area contributed by atoms with Gasteiger partial charge in [0.1, 0.15) is 11.9 Å². The van der Waals surface area contributed by atoms with Crippen molar-refractivity contribution in [3.8, 4) is 0 Å². The minimum Gasteiger partial charge on any atom is -0.348 e. The van der Waals surface area contributed by atoms with E-state index >= 15 is 0 Å². The number of nitrogens with one attached hydrogen (secondary N) is 4. The molecule has 0 saturated carbocycles. The van der Waals surface area contributed by atoms with Crippen LogP contribution >= 0.6 is 0 Å². The molecule has 0 radical (unpaired) electrons. The lowest BCUT2D eigenvalue weighted by atomic mass is 9.99. The van der Waals surface area contributed by atoms with Gasteiger partial charge in [-0.15, -0.1) is 0 Å². The predicted octanol–water partition coefficient (Wildman–Crippen LogP) is 6.22. The smallest absolute Gasteiger partial charge is 0.251 e. The lowest BCUT2D eigenvalue weighted by molar-refractivity contribution is -0.123. The second kappa shape index (κ2) is 16.9. The van der Waals surface area contributed by atoms with Crippen LogP contribution in [0.3, 0.4) is 0 Å². The molecule has 45 heavy (non-hydrogen) atoms. The van der Waals surface area contributed by atoms with Crippen molar-refractivity contribution >= 4 is 22.6 Å². The van der Waals surface area contributed by atoms with E-state index in [2.05, 4.69) is 82.8 Å². The van der Waals surface area contributed by atoms with Crippen molar-refractivity contribution in [3.63, 3.8) is 0 Å². The quantitative estimate of drug-likeness (QED) is 0.114. The van der Waals surface area contributed by atoms with Gasteiger partial charge in [-0.3, -0.25) is 9.59 Å². The molecule has 0 aliphatic carbocycles. The molecule has 0 saturated heterocycles. The standard InChI is InChI=1S/C37H50N6O2/c1-26(2)24-43(25-27(3)4)21-9-14-34(37(45)41-28(5)32-13-8-11-30-10-6-7-12-33(30)32)42-36(44)31-17-15-29(16-18-31)22-38-23-35-39-19-20-40-35/h6-8,10-13,15-20,26-28,34,38H,9,14,21-25H2,1-5H3,(H,39,40)(H,41,45)(H,42,44)/t28?,34-/m0/s1. The van der Waals surface area contributed by atoms with Crippen molar-refractivity contribution in [1.29, 1.82) is 0 Å². The number of nitrogens with zero attached hydrogens (tertiary/aromatic N) is 2. The minimum absolute atomic E-state index is 0.165. The Hall–Kier alpha value is -4.01. The molecule has 8 nitrogen and oxygen atoms in total. The Labute approximate surface area is 268 Å². The van der Waals surface area contributed by atoms with Crippen molar-refractivity contribution in [2.24, 2.45) is 11.8 Å². The monoisotopic (exact) mass is 610 g/mol. The van der Waals surface area contributed by atoms with Crippen LogP contribution in [0.5, 0.6) is 0 Å². The number of fused-ring (bicyclic) bond motifs is 1. The molecule has 4 N–H and O–H groups in total. The second-order valence-corrected chi connectivity index (χ2v) is 12.9. The molecule has 0 fully saturated rings. The number of aromatic amines is 1. The van der Waals surface area contributed by atoms with E-state index < -0.39 is 6.04 Å². The maximum atomic E-state index is 13.8. The van der Waals surface area contributed by atoms with E-state index in [0.29, 0.717) is 36.9 Å². The summed E-state index contributed by atoms with van der Waals surface area (Å²) in [6, 6.07) is 21.0. The Morgan fingerprint density at radius 2 is 1.56 bits per heavy atom. The molecule has 4 aromatic rings. The summed E-state index contributed by atoms with van der Waals surface area (Å²) in [5.74, 6) is 1.59. The van der Waals surface area contributed by atoms with Crippen LogP contribution in [0, 0.1) is 11.8 Å². The van der Waals surface area contributed by atoms with Crippen LogP contribution in [0.4, 0.5) is 0 Å². The molecule has 0 bridgehead atoms. The molecular weight excluding hydrogens is 560 g/mol. The van der Waals surface area contributed by atoms with Crippen LogP contribution < -0.4 is 16.0 Å². The molecular formula is C37H50N6O2. The first-order valence-electron chi connectivity index (χ1n) is 16.3. The molecule has 2 atom stereocenters. The van der Waals surface area contributed by atoms with Crippen molar-refractivity contribution in [1.82, 2.24) is 30.8 Å². The number of benzene rings is 3. The highest BCUT2D eigenvalue weighted by Gasteiger charge is 2.24. The fourth-order valence-electron chi connectivity index (χ4n) is 5.83. The molecule has 1 aromatic heterocycles. The molecule has 2 amide bonds. The summed E-state index contributed by atoms with van der Waals surface area (Å²) in [6.07, 6.45) is 4.90. The van der Waals surface area contributed by atoms with Gasteiger partial charge in [0.15, 0.2) is 0 Å². The van der Waals surface area contributed by atoms with Gasteiger partial charge in [0.05, 0.1) is 12.6 Å². The number of carbonyl (C=O) groups is 2. The zero-order valence-electron chi connectivity index (χ0n) is 27.5. The number of rotatable bonds is 17. The first-order chi connectivity index (χ1) is 21.7. The van der Waals surface area contributed by atoms with Gasteiger partial charge in [0.25, 0.3) is 5.91 Å². The van der Waals surface area contributed by atoms with Crippen molar-refractivity contribution in [2.75, 3.05) is 19.6 Å². The van der Waals surface area contributed by atoms with Gasteiger partial charge in [0, 0.05) is 37.6 Å². The molecule has 3 aromatic carbocycles. The summed E-state index contributed by atoms with van der Waals surface area (Å²) < 4.78 is 0. The average Bonchev–Trinajstić information content (AvgIpc) is 3.53. The SMILES string of the molecule is CC(C)CN(CCC[C@H](NC(=O)c1ccc(CNCc2ncc[nH]2)cc1)C(=O)NC(C)c1cccc2ccccc12)CC(C)C. The van der Waals surface area contributed by atoms with E-state index in [0.717, 1.165) is 53.8 Å². The Morgan fingerprint density at radius 3 is 2.24 bits per heavy atom. The van der Waals surface area contributed by atoms with Gasteiger partial charge in [-0.25, -0.2) is 4.98 Å². The Balaban J connectivity index is 1.42. The van der Waals surface area contributed by atoms with Gasteiger partial charge in [-0.1, -0.05) is 82.3 Å². The lowest BCUT2D eigenvalue weighted by Crippen LogP contribution is -2.47. The molecule has 0 aliphatic heterocycles. The summed E-state index contributed by atoms with van der Waals surface area (Å²) in [7, 11) is 0. The molecule has 8 heteroatoms. The maximum Gasteiger partial charge on any atom is 0.251 e. The van der Waals surface area contributed by atoms with E-state index in [1.54, 1.807) is 12.4 Å². The largest absolute Gasteiger partial charge is 0.348 e. The minimum atomic E-state index is -0.649. The number of hydrogen-bond donors (Lipinski definition) is 4. The number of H-pyrrole nitrogens is 1. The molecule has 4 rings (SSSR count). The van der Waals surface area contributed by atoms with Crippen LogP contribution in [0.2, 0.25) is 0 Å². The third kappa shape index (κ3) is 10.5. The van der Waals surface area contributed by atoms with E-state index in [1.807, 2.05) is 49.4 Å². The summed E-state index contributed by atoms with van der Waals surface area (Å²) in [5, 5.41) is 11.9. The summed E-state index contributed by atoms with van der Waals surface area (Å²) in [5.41, 5.74) is 2.65. The highest BCUT2D eigenvalue weighted by molar-refractivity contribution is 5.97. The molecule has 240 valence electrons. The van der Waals surface area contributed by atoms with E-state index in [-0.39, 0.29) is 17.9 Å². The number of carbonyl (C=O) groups excluding carboxylic acids is 2. The highest BCUT2D eigenvalue weighted by atomic mass is 16.2. The van der Waals surface area contributed by atoms with Crippen LogP contribution in [-0.2, 0) is 17.9 Å². The van der Waals surface area contributed by atoms with Crippen LogP contribution in [0.25, 0.3) is 10.8 Å². The van der Waals surface area contributed by atoms with Crippen LogP contribution in [0.15, 0.2) is 79.1 Å². The lowest BCUT2D eigenvalue weighted by Gasteiger charge is -2.27. The van der Waals surface area contributed by atoms with E-state index in [1.165, 1.54) is 0 Å². The number of imidazole rings is 1. The summed E-state index contributed by atoms with van der Waals surface area (Å²) in [6.45, 7) is 15.1.